The predicted octanol–water partition coefficient (Wildman–Crippen LogP) is 3.81. The number of likely N-dealkylation sites (N-methyl/N-ethyl adjacent to an activating group) is 1. The fourth-order valence-electron chi connectivity index (χ4n) is 2.19. The molecule has 0 radical (unpaired) electrons. The minimum atomic E-state index is -0.307. The first-order valence-corrected chi connectivity index (χ1v) is 7.07. The standard InChI is InChI=1S/C15H23ClFNO/c1-5-15(3,19-4)14(18-6-2)9-11-7-8-12(17)10-13(11)16/h7-8,10,14,18H,5-6,9H2,1-4H3. The summed E-state index contributed by atoms with van der Waals surface area (Å²) >= 11 is 6.10. The lowest BCUT2D eigenvalue weighted by Crippen LogP contribution is -2.51. The van der Waals surface area contributed by atoms with Crippen molar-refractivity contribution in [1.29, 1.82) is 0 Å². The van der Waals surface area contributed by atoms with Crippen molar-refractivity contribution < 1.29 is 9.13 Å². The van der Waals surface area contributed by atoms with Crippen LogP contribution in [0.2, 0.25) is 5.02 Å². The van der Waals surface area contributed by atoms with E-state index < -0.39 is 0 Å². The van der Waals surface area contributed by atoms with Gasteiger partial charge in [0.1, 0.15) is 5.82 Å². The molecule has 108 valence electrons. The van der Waals surface area contributed by atoms with Gasteiger partial charge in [-0.3, -0.25) is 0 Å². The van der Waals surface area contributed by atoms with E-state index in [-0.39, 0.29) is 17.5 Å². The highest BCUT2D eigenvalue weighted by Crippen LogP contribution is 2.26. The van der Waals surface area contributed by atoms with Crippen molar-refractivity contribution >= 4 is 11.6 Å². The van der Waals surface area contributed by atoms with Crippen molar-refractivity contribution in [3.05, 3.63) is 34.6 Å². The first-order chi connectivity index (χ1) is 8.96. The molecule has 1 aromatic rings. The van der Waals surface area contributed by atoms with Crippen LogP contribution in [0, 0.1) is 5.82 Å². The first-order valence-electron chi connectivity index (χ1n) is 6.69. The lowest BCUT2D eigenvalue weighted by atomic mass is 9.88. The minimum Gasteiger partial charge on any atom is -0.377 e. The molecular weight excluding hydrogens is 265 g/mol. The van der Waals surface area contributed by atoms with Crippen molar-refractivity contribution in [1.82, 2.24) is 5.32 Å². The molecule has 0 spiro atoms. The van der Waals surface area contributed by atoms with Crippen LogP contribution in [0.5, 0.6) is 0 Å². The Labute approximate surface area is 120 Å². The molecule has 2 atom stereocenters. The van der Waals surface area contributed by atoms with E-state index in [0.717, 1.165) is 18.5 Å². The molecule has 19 heavy (non-hydrogen) atoms. The third-order valence-electron chi connectivity index (χ3n) is 3.80. The summed E-state index contributed by atoms with van der Waals surface area (Å²) in [6.07, 6.45) is 1.60. The summed E-state index contributed by atoms with van der Waals surface area (Å²) in [6.45, 7) is 7.09. The Morgan fingerprint density at radius 3 is 2.58 bits per heavy atom. The second-order valence-electron chi connectivity index (χ2n) is 4.92. The number of nitrogens with one attached hydrogen (secondary N) is 1. The summed E-state index contributed by atoms with van der Waals surface area (Å²) in [6, 6.07) is 4.68. The fraction of sp³-hybridized carbons (Fsp3) is 0.600. The predicted molar refractivity (Wildman–Crippen MR) is 78.3 cm³/mol. The molecule has 0 fully saturated rings. The van der Waals surface area contributed by atoms with Gasteiger partial charge in [-0.2, -0.15) is 0 Å². The Kier molecular flexibility index (Phi) is 6.24. The molecular formula is C15H23ClFNO. The molecule has 0 amide bonds. The molecule has 0 heterocycles. The maximum absolute atomic E-state index is 13.1. The van der Waals surface area contributed by atoms with Crippen LogP contribution in [0.25, 0.3) is 0 Å². The zero-order chi connectivity index (χ0) is 14.5. The molecule has 0 aromatic heterocycles. The molecule has 2 unspecified atom stereocenters. The second-order valence-corrected chi connectivity index (χ2v) is 5.33. The van der Waals surface area contributed by atoms with Gasteiger partial charge in [0, 0.05) is 18.2 Å². The summed E-state index contributed by atoms with van der Waals surface area (Å²) in [5, 5.41) is 3.91. The Morgan fingerprint density at radius 2 is 2.11 bits per heavy atom. The number of benzene rings is 1. The van der Waals surface area contributed by atoms with Gasteiger partial charge < -0.3 is 10.1 Å². The van der Waals surface area contributed by atoms with E-state index in [1.807, 2.05) is 0 Å². The van der Waals surface area contributed by atoms with Crippen LogP contribution in [0.4, 0.5) is 4.39 Å². The molecule has 1 aromatic carbocycles. The number of rotatable bonds is 7. The van der Waals surface area contributed by atoms with Gasteiger partial charge in [-0.15, -0.1) is 0 Å². The van der Waals surface area contributed by atoms with Gasteiger partial charge in [-0.05, 0) is 44.0 Å². The number of hydrogen-bond donors (Lipinski definition) is 1. The van der Waals surface area contributed by atoms with E-state index in [9.17, 15) is 4.39 Å². The first kappa shape index (κ1) is 16.4. The van der Waals surface area contributed by atoms with E-state index in [1.54, 1.807) is 13.2 Å². The SMILES string of the molecule is CCNC(Cc1ccc(F)cc1Cl)C(C)(CC)OC. The van der Waals surface area contributed by atoms with Gasteiger partial charge in [0.25, 0.3) is 0 Å². The zero-order valence-corrected chi connectivity index (χ0v) is 12.9. The summed E-state index contributed by atoms with van der Waals surface area (Å²) in [5.74, 6) is -0.307. The molecule has 0 saturated heterocycles. The number of halogens is 2. The van der Waals surface area contributed by atoms with Crippen molar-refractivity contribution in [2.24, 2.45) is 0 Å². The number of methoxy groups -OCH3 is 1. The maximum atomic E-state index is 13.1. The summed E-state index contributed by atoms with van der Waals surface area (Å²) < 4.78 is 18.7. The van der Waals surface area contributed by atoms with Crippen LogP contribution >= 0.6 is 11.6 Å². The fourth-order valence-corrected chi connectivity index (χ4v) is 2.43. The Hall–Kier alpha value is -0.640. The summed E-state index contributed by atoms with van der Waals surface area (Å²) in [4.78, 5) is 0. The van der Waals surface area contributed by atoms with Crippen molar-refractivity contribution in [2.45, 2.75) is 45.3 Å². The minimum absolute atomic E-state index is 0.135. The van der Waals surface area contributed by atoms with Crippen LogP contribution in [-0.4, -0.2) is 25.3 Å². The maximum Gasteiger partial charge on any atom is 0.124 e. The van der Waals surface area contributed by atoms with Gasteiger partial charge in [0.2, 0.25) is 0 Å². The Morgan fingerprint density at radius 1 is 1.42 bits per heavy atom. The highest BCUT2D eigenvalue weighted by molar-refractivity contribution is 6.31. The topological polar surface area (TPSA) is 21.3 Å². The van der Waals surface area contributed by atoms with Gasteiger partial charge >= 0.3 is 0 Å². The zero-order valence-electron chi connectivity index (χ0n) is 12.1. The smallest absolute Gasteiger partial charge is 0.124 e. The molecule has 0 aliphatic carbocycles. The average molecular weight is 288 g/mol. The highest BCUT2D eigenvalue weighted by Gasteiger charge is 2.32. The lowest BCUT2D eigenvalue weighted by molar-refractivity contribution is -0.0283. The summed E-state index contributed by atoms with van der Waals surface area (Å²) in [5.41, 5.74) is 0.666. The molecule has 0 bridgehead atoms. The van der Waals surface area contributed by atoms with Gasteiger partial charge in [0.15, 0.2) is 0 Å². The van der Waals surface area contributed by atoms with Crippen LogP contribution in [-0.2, 0) is 11.2 Å². The van der Waals surface area contributed by atoms with Gasteiger partial charge in [-0.25, -0.2) is 4.39 Å². The number of hydrogen-bond acceptors (Lipinski definition) is 2. The molecule has 1 rings (SSSR count). The van der Waals surface area contributed by atoms with E-state index in [1.165, 1.54) is 12.1 Å². The van der Waals surface area contributed by atoms with Crippen LogP contribution in [0.15, 0.2) is 18.2 Å². The normalized spacial score (nSPS) is 16.1. The Balaban J connectivity index is 2.95. The molecule has 0 saturated carbocycles. The van der Waals surface area contributed by atoms with Crippen molar-refractivity contribution in [3.63, 3.8) is 0 Å². The van der Waals surface area contributed by atoms with E-state index in [4.69, 9.17) is 16.3 Å². The molecule has 0 aliphatic heterocycles. The second kappa shape index (κ2) is 7.22. The van der Waals surface area contributed by atoms with E-state index >= 15 is 0 Å². The van der Waals surface area contributed by atoms with Crippen molar-refractivity contribution in [3.8, 4) is 0 Å². The van der Waals surface area contributed by atoms with Crippen LogP contribution in [0.3, 0.4) is 0 Å². The Bertz CT molecular complexity index is 407. The highest BCUT2D eigenvalue weighted by atomic mass is 35.5. The van der Waals surface area contributed by atoms with E-state index in [0.29, 0.717) is 11.4 Å². The largest absolute Gasteiger partial charge is 0.377 e. The van der Waals surface area contributed by atoms with Gasteiger partial charge in [0.05, 0.1) is 5.60 Å². The average Bonchev–Trinajstić information content (AvgIpc) is 2.40. The van der Waals surface area contributed by atoms with Crippen LogP contribution in [0.1, 0.15) is 32.8 Å². The van der Waals surface area contributed by atoms with Crippen LogP contribution < -0.4 is 5.32 Å². The molecule has 1 N–H and O–H groups in total. The van der Waals surface area contributed by atoms with Crippen molar-refractivity contribution in [2.75, 3.05) is 13.7 Å². The third kappa shape index (κ3) is 4.16. The van der Waals surface area contributed by atoms with E-state index in [2.05, 4.69) is 26.1 Å². The molecule has 4 heteroatoms. The monoisotopic (exact) mass is 287 g/mol. The quantitative estimate of drug-likeness (QED) is 0.823. The lowest BCUT2D eigenvalue weighted by Gasteiger charge is -2.36. The van der Waals surface area contributed by atoms with Gasteiger partial charge in [-0.1, -0.05) is 31.5 Å². The summed E-state index contributed by atoms with van der Waals surface area (Å²) in [7, 11) is 1.72. The molecule has 0 aliphatic rings. The molecule has 2 nitrogen and oxygen atoms in total. The third-order valence-corrected chi connectivity index (χ3v) is 4.15. The number of ether oxygens (including phenoxy) is 1.